The smallest absolute Gasteiger partial charge is 0.150 e. The molecule has 0 heterocycles. The summed E-state index contributed by atoms with van der Waals surface area (Å²) < 4.78 is 0. The Bertz CT molecular complexity index is 728. The van der Waals surface area contributed by atoms with Crippen molar-refractivity contribution < 1.29 is 9.59 Å². The highest BCUT2D eigenvalue weighted by atomic mass is 32.2. The van der Waals surface area contributed by atoms with Gasteiger partial charge in [0.2, 0.25) is 0 Å². The van der Waals surface area contributed by atoms with Crippen LogP contribution in [0.3, 0.4) is 0 Å². The summed E-state index contributed by atoms with van der Waals surface area (Å²) >= 11 is 1.68. The van der Waals surface area contributed by atoms with Gasteiger partial charge in [-0.05, 0) is 55.0 Å². The van der Waals surface area contributed by atoms with E-state index in [1.165, 1.54) is 6.07 Å². The van der Waals surface area contributed by atoms with Gasteiger partial charge in [-0.2, -0.15) is 22.3 Å². The molecule has 1 fully saturated rings. The van der Waals surface area contributed by atoms with E-state index in [0.29, 0.717) is 35.1 Å². The third-order valence-electron chi connectivity index (χ3n) is 4.46. The first-order valence-corrected chi connectivity index (χ1v) is 8.93. The summed E-state index contributed by atoms with van der Waals surface area (Å²) in [4.78, 5) is 25.3. The SMILES string of the molecule is CSCCC1CCC(=O)C(c2c(C#N)ccc(C#N)c2C)C1=O. The number of carbonyl (C=O) groups excluding carboxylic acids is 2. The Morgan fingerprint density at radius 2 is 1.87 bits per heavy atom. The number of hydrogen-bond acceptors (Lipinski definition) is 5. The lowest BCUT2D eigenvalue weighted by atomic mass is 9.72. The lowest BCUT2D eigenvalue weighted by Crippen LogP contribution is -2.35. The summed E-state index contributed by atoms with van der Waals surface area (Å²) in [6.07, 6.45) is 3.69. The molecule has 4 nitrogen and oxygen atoms in total. The van der Waals surface area contributed by atoms with Crippen molar-refractivity contribution in [3.63, 3.8) is 0 Å². The van der Waals surface area contributed by atoms with Gasteiger partial charge >= 0.3 is 0 Å². The van der Waals surface area contributed by atoms with E-state index in [1.807, 2.05) is 6.26 Å². The average molecular weight is 326 g/mol. The highest BCUT2D eigenvalue weighted by Crippen LogP contribution is 2.36. The van der Waals surface area contributed by atoms with Crippen LogP contribution in [0.25, 0.3) is 0 Å². The molecule has 1 aromatic carbocycles. The van der Waals surface area contributed by atoms with Crippen molar-refractivity contribution >= 4 is 23.3 Å². The van der Waals surface area contributed by atoms with Gasteiger partial charge < -0.3 is 0 Å². The molecule has 118 valence electrons. The first-order chi connectivity index (χ1) is 11.0. The molecule has 23 heavy (non-hydrogen) atoms. The quantitative estimate of drug-likeness (QED) is 0.794. The van der Waals surface area contributed by atoms with Crippen LogP contribution < -0.4 is 0 Å². The van der Waals surface area contributed by atoms with Crippen molar-refractivity contribution in [2.45, 2.75) is 32.1 Å². The molecule has 0 radical (unpaired) electrons. The van der Waals surface area contributed by atoms with Crippen LogP contribution in [0.2, 0.25) is 0 Å². The number of ketones is 2. The van der Waals surface area contributed by atoms with E-state index in [-0.39, 0.29) is 17.5 Å². The summed E-state index contributed by atoms with van der Waals surface area (Å²) in [6, 6.07) is 7.24. The van der Waals surface area contributed by atoms with Crippen LogP contribution in [0.1, 0.15) is 47.4 Å². The van der Waals surface area contributed by atoms with Gasteiger partial charge in [0.15, 0.2) is 5.78 Å². The number of nitrogens with zero attached hydrogens (tertiary/aromatic N) is 2. The molecular weight excluding hydrogens is 308 g/mol. The zero-order chi connectivity index (χ0) is 17.0. The van der Waals surface area contributed by atoms with Crippen molar-refractivity contribution in [2.75, 3.05) is 12.0 Å². The fourth-order valence-electron chi connectivity index (χ4n) is 3.17. The number of hydrogen-bond donors (Lipinski definition) is 0. The number of nitriles is 2. The van der Waals surface area contributed by atoms with Crippen molar-refractivity contribution in [1.29, 1.82) is 10.5 Å². The van der Waals surface area contributed by atoms with Crippen LogP contribution in [0.4, 0.5) is 0 Å². The largest absolute Gasteiger partial charge is 0.299 e. The van der Waals surface area contributed by atoms with E-state index in [4.69, 9.17) is 0 Å². The monoisotopic (exact) mass is 326 g/mol. The first kappa shape index (κ1) is 17.2. The number of carbonyl (C=O) groups is 2. The lowest BCUT2D eigenvalue weighted by Gasteiger charge is -2.28. The fraction of sp³-hybridized carbons (Fsp3) is 0.444. The zero-order valence-corrected chi connectivity index (χ0v) is 14.1. The third-order valence-corrected chi connectivity index (χ3v) is 5.11. The predicted octanol–water partition coefficient (Wildman–Crippen LogP) is 3.12. The van der Waals surface area contributed by atoms with Gasteiger partial charge in [-0.25, -0.2) is 0 Å². The number of benzene rings is 1. The second kappa shape index (κ2) is 7.44. The number of Topliss-reactive ketones (excluding diaryl/α,β-unsaturated/α-hetero) is 2. The van der Waals surface area contributed by atoms with E-state index in [2.05, 4.69) is 12.1 Å². The van der Waals surface area contributed by atoms with Gasteiger partial charge in [-0.15, -0.1) is 0 Å². The second-order valence-corrected chi connectivity index (χ2v) is 6.73. The van der Waals surface area contributed by atoms with E-state index in [9.17, 15) is 20.1 Å². The van der Waals surface area contributed by atoms with Crippen molar-refractivity contribution in [2.24, 2.45) is 5.92 Å². The van der Waals surface area contributed by atoms with Gasteiger partial charge in [-0.3, -0.25) is 9.59 Å². The second-order valence-electron chi connectivity index (χ2n) is 5.74. The molecule has 0 aromatic heterocycles. The minimum Gasteiger partial charge on any atom is -0.299 e. The van der Waals surface area contributed by atoms with Crippen LogP contribution in [0.15, 0.2) is 12.1 Å². The maximum Gasteiger partial charge on any atom is 0.150 e. The summed E-state index contributed by atoms with van der Waals surface area (Å²) in [5.74, 6) is -0.380. The van der Waals surface area contributed by atoms with Crippen molar-refractivity contribution in [3.05, 3.63) is 34.4 Å². The van der Waals surface area contributed by atoms with Crippen LogP contribution in [-0.2, 0) is 9.59 Å². The molecule has 5 heteroatoms. The van der Waals surface area contributed by atoms with Crippen molar-refractivity contribution in [1.82, 2.24) is 0 Å². The fourth-order valence-corrected chi connectivity index (χ4v) is 3.69. The summed E-state index contributed by atoms with van der Waals surface area (Å²) in [5.41, 5.74) is 1.74. The van der Waals surface area contributed by atoms with Crippen molar-refractivity contribution in [3.8, 4) is 12.1 Å². The average Bonchev–Trinajstić information content (AvgIpc) is 2.55. The van der Waals surface area contributed by atoms with E-state index < -0.39 is 5.92 Å². The minimum atomic E-state index is -0.890. The van der Waals surface area contributed by atoms with Gasteiger partial charge in [-0.1, -0.05) is 0 Å². The Kier molecular flexibility index (Phi) is 5.58. The molecule has 0 saturated heterocycles. The van der Waals surface area contributed by atoms with Gasteiger partial charge in [0, 0.05) is 12.3 Å². The summed E-state index contributed by atoms with van der Waals surface area (Å²) in [6.45, 7) is 1.71. The predicted molar refractivity (Wildman–Crippen MR) is 89.1 cm³/mol. The standard InChI is InChI=1S/C18H18N2O2S/c1-11-13(9-19)3-4-14(10-20)16(11)17-15(21)6-5-12(18(17)22)7-8-23-2/h3-4,12,17H,5-8H2,1-2H3. The molecule has 1 aliphatic carbocycles. The molecule has 1 saturated carbocycles. The Morgan fingerprint density at radius 3 is 2.48 bits per heavy atom. The first-order valence-electron chi connectivity index (χ1n) is 7.54. The Labute approximate surface area is 140 Å². The van der Waals surface area contributed by atoms with Gasteiger partial charge in [0.25, 0.3) is 0 Å². The molecule has 0 amide bonds. The highest BCUT2D eigenvalue weighted by molar-refractivity contribution is 7.98. The molecule has 0 bridgehead atoms. The Hall–Kier alpha value is -2.11. The molecule has 0 spiro atoms. The molecule has 2 unspecified atom stereocenters. The number of thioether (sulfide) groups is 1. The van der Waals surface area contributed by atoms with Gasteiger partial charge in [0.1, 0.15) is 11.7 Å². The van der Waals surface area contributed by atoms with Gasteiger partial charge in [0.05, 0.1) is 23.3 Å². The van der Waals surface area contributed by atoms with Crippen LogP contribution in [-0.4, -0.2) is 23.6 Å². The van der Waals surface area contributed by atoms with Crippen LogP contribution in [0, 0.1) is 35.5 Å². The molecular formula is C18H18N2O2S. The number of rotatable bonds is 4. The Balaban J connectivity index is 2.51. The van der Waals surface area contributed by atoms with Crippen LogP contribution in [0.5, 0.6) is 0 Å². The molecule has 1 aliphatic rings. The summed E-state index contributed by atoms with van der Waals surface area (Å²) in [7, 11) is 0. The maximum atomic E-state index is 12.8. The molecule has 2 rings (SSSR count). The molecule has 1 aromatic rings. The summed E-state index contributed by atoms with van der Waals surface area (Å²) in [5, 5.41) is 18.6. The normalized spacial score (nSPS) is 20.9. The maximum absolute atomic E-state index is 12.8. The Morgan fingerprint density at radius 1 is 1.22 bits per heavy atom. The minimum absolute atomic E-state index is 0.0926. The molecule has 0 aliphatic heterocycles. The van der Waals surface area contributed by atoms with E-state index >= 15 is 0 Å². The lowest BCUT2D eigenvalue weighted by molar-refractivity contribution is -0.135. The zero-order valence-electron chi connectivity index (χ0n) is 13.3. The topological polar surface area (TPSA) is 81.7 Å². The van der Waals surface area contributed by atoms with Crippen LogP contribution >= 0.6 is 11.8 Å². The molecule has 0 N–H and O–H groups in total. The molecule has 2 atom stereocenters. The third kappa shape index (κ3) is 3.30. The highest BCUT2D eigenvalue weighted by Gasteiger charge is 2.39. The van der Waals surface area contributed by atoms with E-state index in [0.717, 1.165) is 12.2 Å². The van der Waals surface area contributed by atoms with E-state index in [1.54, 1.807) is 24.8 Å².